The summed E-state index contributed by atoms with van der Waals surface area (Å²) >= 11 is 0. The van der Waals surface area contributed by atoms with Crippen LogP contribution < -0.4 is 0 Å². The summed E-state index contributed by atoms with van der Waals surface area (Å²) < 4.78 is 14.0. The van der Waals surface area contributed by atoms with Crippen molar-refractivity contribution in [2.75, 3.05) is 0 Å². The summed E-state index contributed by atoms with van der Waals surface area (Å²) in [6.45, 7) is 17.9. The van der Waals surface area contributed by atoms with E-state index >= 15 is 0 Å². The molecule has 0 amide bonds. The van der Waals surface area contributed by atoms with Gasteiger partial charge in [0.05, 0.1) is 5.41 Å². The van der Waals surface area contributed by atoms with E-state index in [2.05, 4.69) is 77.4 Å². The van der Waals surface area contributed by atoms with Crippen molar-refractivity contribution in [1.29, 1.82) is 0 Å². The molecule has 3 atom stereocenters. The number of benzene rings is 4. The van der Waals surface area contributed by atoms with Gasteiger partial charge in [-0.1, -0.05) is 150 Å². The number of Topliss-reactive ketones (excluding diaryl/α,β-unsaturated/α-hetero) is 2. The molecule has 0 aliphatic rings. The first kappa shape index (κ1) is 44.0. The largest absolute Gasteiger partial charge is 0.437 e. The Balaban J connectivity index is 0.00000451. The SMILES string of the molecule is C.C.CC(CC[Si](C)(C)O[Si](C)(C)O[Si](C)(C)CCCC(C)(C(=O)c1ccccc1)c1ccccc1)C(C(=O)c1ccccc1)c1ccccc1. The number of carbonyl (C=O) groups excluding carboxylic acids is 2. The Hall–Kier alpha value is -3.21. The number of carbonyl (C=O) groups is 2. The summed E-state index contributed by atoms with van der Waals surface area (Å²) in [5, 5.41) is 0. The predicted octanol–water partition coefficient (Wildman–Crippen LogP) is 12.7. The van der Waals surface area contributed by atoms with Gasteiger partial charge in [-0.25, -0.2) is 0 Å². The third-order valence-corrected chi connectivity index (χ3v) is 21.1. The molecule has 0 radical (unpaired) electrons. The smallest absolute Gasteiger partial charge is 0.311 e. The van der Waals surface area contributed by atoms with Crippen molar-refractivity contribution in [3.05, 3.63) is 144 Å². The van der Waals surface area contributed by atoms with E-state index in [9.17, 15) is 9.59 Å². The standard InChI is InChI=1S/C42H56O4Si3.2CH4/c1-34(39(35-22-13-9-14-23-35)40(43)36-24-15-10-16-25-36)30-33-48(5,6)46-49(7,8)45-47(3,4)32-21-31-42(2,38-28-19-12-20-29-38)41(44)37-26-17-11-18-27-37;;/h9-20,22-29,34,39H,21,30-33H2,1-8H3;2*1H4. The second kappa shape index (κ2) is 19.0. The zero-order valence-corrected chi connectivity index (χ0v) is 33.9. The molecule has 4 aromatic carbocycles. The molecule has 3 unspecified atom stereocenters. The van der Waals surface area contributed by atoms with E-state index < -0.39 is 30.6 Å². The molecular formula is C44H64O4Si3. The zero-order chi connectivity index (χ0) is 35.7. The van der Waals surface area contributed by atoms with E-state index in [1.165, 1.54) is 0 Å². The van der Waals surface area contributed by atoms with Crippen molar-refractivity contribution >= 4 is 36.8 Å². The molecule has 4 nitrogen and oxygen atoms in total. The van der Waals surface area contributed by atoms with Crippen LogP contribution in [0.5, 0.6) is 0 Å². The predicted molar refractivity (Wildman–Crippen MR) is 225 cm³/mol. The molecule has 0 fully saturated rings. The molecule has 0 bridgehead atoms. The second-order valence-electron chi connectivity index (χ2n) is 15.5. The zero-order valence-electron chi connectivity index (χ0n) is 30.9. The van der Waals surface area contributed by atoms with E-state index in [0.717, 1.165) is 53.6 Å². The Morgan fingerprint density at radius 3 is 1.57 bits per heavy atom. The molecule has 4 aromatic rings. The number of hydrogen-bond donors (Lipinski definition) is 0. The maximum Gasteiger partial charge on any atom is 0.311 e. The Kier molecular flexibility index (Phi) is 16.4. The molecular weight excluding hydrogens is 677 g/mol. The van der Waals surface area contributed by atoms with Crippen molar-refractivity contribution in [3.63, 3.8) is 0 Å². The fraction of sp³-hybridized carbons (Fsp3) is 0.409. The Labute approximate surface area is 313 Å². The number of ketones is 2. The second-order valence-corrected chi connectivity index (χ2v) is 28.0. The topological polar surface area (TPSA) is 52.6 Å². The van der Waals surface area contributed by atoms with Gasteiger partial charge in [-0.05, 0) is 88.2 Å². The lowest BCUT2D eigenvalue weighted by Crippen LogP contribution is -2.52. The molecule has 0 spiro atoms. The van der Waals surface area contributed by atoms with E-state index in [1.807, 2.05) is 97.1 Å². The van der Waals surface area contributed by atoms with Crippen molar-refractivity contribution in [3.8, 4) is 0 Å². The summed E-state index contributed by atoms with van der Waals surface area (Å²) in [6.07, 6.45) is 2.58. The third-order valence-electron chi connectivity index (χ3n) is 9.72. The summed E-state index contributed by atoms with van der Waals surface area (Å²) in [6, 6.07) is 41.7. The molecule has 276 valence electrons. The average Bonchev–Trinajstić information content (AvgIpc) is 3.07. The molecule has 4 rings (SSSR count). The van der Waals surface area contributed by atoms with Crippen molar-refractivity contribution in [1.82, 2.24) is 0 Å². The van der Waals surface area contributed by atoms with E-state index in [4.69, 9.17) is 8.23 Å². The van der Waals surface area contributed by atoms with Crippen molar-refractivity contribution in [2.24, 2.45) is 5.92 Å². The van der Waals surface area contributed by atoms with Gasteiger partial charge in [0.25, 0.3) is 0 Å². The molecule has 7 heteroatoms. The molecule has 0 saturated carbocycles. The fourth-order valence-corrected chi connectivity index (χ4v) is 21.5. The highest BCUT2D eigenvalue weighted by atomic mass is 28.5. The molecule has 0 aliphatic heterocycles. The van der Waals surface area contributed by atoms with Crippen LogP contribution in [0, 0.1) is 5.92 Å². The lowest BCUT2D eigenvalue weighted by atomic mass is 9.73. The average molecular weight is 741 g/mol. The molecule has 0 aromatic heterocycles. The highest BCUT2D eigenvalue weighted by Crippen LogP contribution is 2.37. The first-order valence-corrected chi connectivity index (χ1v) is 26.9. The van der Waals surface area contributed by atoms with Crippen LogP contribution in [0.25, 0.3) is 0 Å². The van der Waals surface area contributed by atoms with Crippen LogP contribution in [0.15, 0.2) is 121 Å². The van der Waals surface area contributed by atoms with Gasteiger partial charge in [-0.3, -0.25) is 9.59 Å². The van der Waals surface area contributed by atoms with Crippen LogP contribution in [0.3, 0.4) is 0 Å². The monoisotopic (exact) mass is 740 g/mol. The molecule has 0 N–H and O–H groups in total. The van der Waals surface area contributed by atoms with Gasteiger partial charge in [0.1, 0.15) is 0 Å². The number of hydrogen-bond acceptors (Lipinski definition) is 4. The fourth-order valence-electron chi connectivity index (χ4n) is 7.35. The van der Waals surface area contributed by atoms with Crippen LogP contribution in [0.1, 0.15) is 85.7 Å². The number of rotatable bonds is 18. The molecule has 0 saturated heterocycles. The van der Waals surface area contributed by atoms with Gasteiger partial charge < -0.3 is 8.23 Å². The molecule has 0 heterocycles. The Bertz CT molecular complexity index is 1630. The van der Waals surface area contributed by atoms with Crippen LogP contribution >= 0.6 is 0 Å². The van der Waals surface area contributed by atoms with Gasteiger partial charge in [-0.2, -0.15) is 0 Å². The van der Waals surface area contributed by atoms with Gasteiger partial charge in [-0.15, -0.1) is 0 Å². The summed E-state index contributed by atoms with van der Waals surface area (Å²) in [4.78, 5) is 27.7. The minimum absolute atomic E-state index is 0. The third kappa shape index (κ3) is 12.5. The molecule has 0 aliphatic carbocycles. The van der Waals surface area contributed by atoms with Crippen LogP contribution in [-0.4, -0.2) is 36.8 Å². The first-order chi connectivity index (χ1) is 23.1. The van der Waals surface area contributed by atoms with Gasteiger partial charge in [0.15, 0.2) is 28.2 Å². The Morgan fingerprint density at radius 1 is 0.627 bits per heavy atom. The van der Waals surface area contributed by atoms with Crippen molar-refractivity contribution < 1.29 is 17.8 Å². The maximum atomic E-state index is 13.9. The Morgan fingerprint density at radius 2 is 1.06 bits per heavy atom. The van der Waals surface area contributed by atoms with Gasteiger partial charge in [0, 0.05) is 17.0 Å². The quantitative estimate of drug-likeness (QED) is 0.0753. The first-order valence-electron chi connectivity index (χ1n) is 17.8. The van der Waals surface area contributed by atoms with E-state index in [1.54, 1.807) is 0 Å². The van der Waals surface area contributed by atoms with Crippen molar-refractivity contribution in [2.45, 2.75) is 111 Å². The van der Waals surface area contributed by atoms with Crippen LogP contribution in [0.4, 0.5) is 0 Å². The van der Waals surface area contributed by atoms with Crippen LogP contribution in [0.2, 0.25) is 51.4 Å². The summed E-state index contributed by atoms with van der Waals surface area (Å²) in [7, 11) is -6.68. The van der Waals surface area contributed by atoms with Gasteiger partial charge >= 0.3 is 8.56 Å². The highest BCUT2D eigenvalue weighted by Gasteiger charge is 2.41. The highest BCUT2D eigenvalue weighted by molar-refractivity contribution is 6.87. The summed E-state index contributed by atoms with van der Waals surface area (Å²) in [5.41, 5.74) is 3.04. The minimum Gasteiger partial charge on any atom is -0.437 e. The minimum atomic E-state index is -2.46. The lowest BCUT2D eigenvalue weighted by molar-refractivity contribution is 0.0885. The summed E-state index contributed by atoms with van der Waals surface area (Å²) in [5.74, 6) is 0.315. The normalized spacial score (nSPS) is 14.3. The van der Waals surface area contributed by atoms with Crippen LogP contribution in [-0.2, 0) is 13.6 Å². The van der Waals surface area contributed by atoms with E-state index in [-0.39, 0.29) is 38.3 Å². The maximum absolute atomic E-state index is 13.9. The lowest BCUT2D eigenvalue weighted by Gasteiger charge is -2.39. The van der Waals surface area contributed by atoms with E-state index in [0.29, 0.717) is 0 Å². The molecule has 51 heavy (non-hydrogen) atoms. The van der Waals surface area contributed by atoms with Gasteiger partial charge in [0.2, 0.25) is 0 Å².